The summed E-state index contributed by atoms with van der Waals surface area (Å²) in [5.74, 6) is -0.566. The van der Waals surface area contributed by atoms with Gasteiger partial charge in [-0.05, 0) is 31.9 Å². The molecule has 0 aliphatic carbocycles. The maximum atomic E-state index is 12.3. The first-order valence-corrected chi connectivity index (χ1v) is 7.29. The van der Waals surface area contributed by atoms with Crippen molar-refractivity contribution >= 4 is 21.6 Å². The van der Waals surface area contributed by atoms with Gasteiger partial charge in [0.15, 0.2) is 0 Å². The van der Waals surface area contributed by atoms with E-state index in [4.69, 9.17) is 11.5 Å². The van der Waals surface area contributed by atoms with Gasteiger partial charge in [-0.15, -0.1) is 0 Å². The van der Waals surface area contributed by atoms with Crippen molar-refractivity contribution in [3.8, 4) is 0 Å². The van der Waals surface area contributed by atoms with Gasteiger partial charge >= 0.3 is 0 Å². The number of primary amides is 1. The Morgan fingerprint density at radius 2 is 1.84 bits per heavy atom. The highest BCUT2D eigenvalue weighted by Gasteiger charge is 2.23. The van der Waals surface area contributed by atoms with E-state index in [2.05, 4.69) is 4.72 Å². The van der Waals surface area contributed by atoms with Crippen molar-refractivity contribution in [1.29, 1.82) is 0 Å². The zero-order valence-corrected chi connectivity index (χ0v) is 12.0. The largest absolute Gasteiger partial charge is 0.397 e. The zero-order valence-electron chi connectivity index (χ0n) is 11.2. The normalized spacial score (nSPS) is 13.2. The molecule has 5 N–H and O–H groups in total. The van der Waals surface area contributed by atoms with E-state index in [0.29, 0.717) is 11.1 Å². The number of sulfonamides is 1. The molecule has 0 saturated carbocycles. The lowest BCUT2D eigenvalue weighted by molar-refractivity contribution is -0.118. The van der Waals surface area contributed by atoms with Gasteiger partial charge in [0.2, 0.25) is 15.9 Å². The van der Waals surface area contributed by atoms with Crippen LogP contribution in [0.15, 0.2) is 17.0 Å². The molecule has 7 heteroatoms. The lowest BCUT2D eigenvalue weighted by atomic mass is 10.1. The third kappa shape index (κ3) is 3.68. The Bertz CT molecular complexity index is 596. The number of hydrogen-bond acceptors (Lipinski definition) is 4. The number of aryl methyl sites for hydroxylation is 2. The van der Waals surface area contributed by atoms with Crippen molar-refractivity contribution < 1.29 is 13.2 Å². The Balaban J connectivity index is 3.15. The number of nitrogens with two attached hydrogens (primary N) is 2. The van der Waals surface area contributed by atoms with Gasteiger partial charge in [0.25, 0.3) is 0 Å². The lowest BCUT2D eigenvalue weighted by Crippen LogP contribution is -2.36. The SMILES string of the molecule is Cc1ccc(C)c(S(=O)(=O)NC(C)CC(N)=O)c1N. The number of hydrogen-bond donors (Lipinski definition) is 3. The standard InChI is InChI=1S/C12H19N3O3S/c1-7-4-5-8(2)12(11(7)14)19(17,18)15-9(3)6-10(13)16/h4-5,9,15H,6,14H2,1-3H3,(H2,13,16). The van der Waals surface area contributed by atoms with Crippen LogP contribution in [0.2, 0.25) is 0 Å². The topological polar surface area (TPSA) is 115 Å². The molecular formula is C12H19N3O3S. The lowest BCUT2D eigenvalue weighted by Gasteiger charge is -2.16. The Kier molecular flexibility index (Phi) is 4.54. The maximum Gasteiger partial charge on any atom is 0.243 e. The molecule has 1 atom stereocenters. The van der Waals surface area contributed by atoms with E-state index in [1.165, 1.54) is 0 Å². The summed E-state index contributed by atoms with van der Waals surface area (Å²) in [5.41, 5.74) is 12.3. The van der Waals surface area contributed by atoms with Crippen molar-refractivity contribution in [1.82, 2.24) is 4.72 Å². The van der Waals surface area contributed by atoms with Gasteiger partial charge in [0, 0.05) is 12.5 Å². The van der Waals surface area contributed by atoms with Crippen LogP contribution in [0.4, 0.5) is 5.69 Å². The highest BCUT2D eigenvalue weighted by Crippen LogP contribution is 2.25. The van der Waals surface area contributed by atoms with Crippen LogP contribution in [-0.2, 0) is 14.8 Å². The molecule has 6 nitrogen and oxygen atoms in total. The molecule has 0 aliphatic rings. The Hall–Kier alpha value is -1.60. The number of rotatable bonds is 5. The number of anilines is 1. The Morgan fingerprint density at radius 1 is 1.32 bits per heavy atom. The minimum Gasteiger partial charge on any atom is -0.397 e. The molecule has 0 heterocycles. The van der Waals surface area contributed by atoms with E-state index in [9.17, 15) is 13.2 Å². The molecule has 1 rings (SSSR count). The number of amides is 1. The number of nitrogen functional groups attached to an aromatic ring is 1. The number of carbonyl (C=O) groups is 1. The summed E-state index contributed by atoms with van der Waals surface area (Å²) in [4.78, 5) is 10.8. The van der Waals surface area contributed by atoms with E-state index in [-0.39, 0.29) is 17.0 Å². The fourth-order valence-electron chi connectivity index (χ4n) is 1.83. The molecule has 0 aromatic heterocycles. The van der Waals surface area contributed by atoms with Crippen LogP contribution in [0.3, 0.4) is 0 Å². The van der Waals surface area contributed by atoms with E-state index < -0.39 is 22.0 Å². The van der Waals surface area contributed by atoms with Gasteiger partial charge in [-0.3, -0.25) is 4.79 Å². The first-order valence-electron chi connectivity index (χ1n) is 5.81. The van der Waals surface area contributed by atoms with Crippen LogP contribution in [0.5, 0.6) is 0 Å². The number of carbonyl (C=O) groups excluding carboxylic acids is 1. The summed E-state index contributed by atoms with van der Waals surface area (Å²) in [6.45, 7) is 4.98. The molecule has 1 unspecified atom stereocenters. The van der Waals surface area contributed by atoms with Gasteiger partial charge in [0.1, 0.15) is 4.90 Å². The van der Waals surface area contributed by atoms with Crippen LogP contribution >= 0.6 is 0 Å². The highest BCUT2D eigenvalue weighted by atomic mass is 32.2. The molecule has 0 radical (unpaired) electrons. The second kappa shape index (κ2) is 5.58. The average Bonchev–Trinajstić information content (AvgIpc) is 2.21. The average molecular weight is 285 g/mol. The fraction of sp³-hybridized carbons (Fsp3) is 0.417. The van der Waals surface area contributed by atoms with Gasteiger partial charge in [0.05, 0.1) is 5.69 Å². The molecule has 0 fully saturated rings. The second-order valence-corrected chi connectivity index (χ2v) is 6.29. The molecule has 0 aliphatic heterocycles. The van der Waals surface area contributed by atoms with Gasteiger partial charge in [-0.1, -0.05) is 12.1 Å². The molecule has 0 saturated heterocycles. The molecule has 1 aromatic rings. The van der Waals surface area contributed by atoms with Crippen molar-refractivity contribution in [3.63, 3.8) is 0 Å². The van der Waals surface area contributed by atoms with Crippen LogP contribution in [0, 0.1) is 13.8 Å². The fourth-order valence-corrected chi connectivity index (χ4v) is 3.50. The summed E-state index contributed by atoms with van der Waals surface area (Å²) in [6, 6.07) is 2.87. The van der Waals surface area contributed by atoms with Crippen LogP contribution in [0.1, 0.15) is 24.5 Å². The summed E-state index contributed by atoms with van der Waals surface area (Å²) in [5, 5.41) is 0. The van der Waals surface area contributed by atoms with Crippen molar-refractivity contribution in [2.75, 3.05) is 5.73 Å². The molecule has 19 heavy (non-hydrogen) atoms. The van der Waals surface area contributed by atoms with Gasteiger partial charge in [-0.2, -0.15) is 0 Å². The van der Waals surface area contributed by atoms with Crippen molar-refractivity contribution in [3.05, 3.63) is 23.3 Å². The molecule has 1 aromatic carbocycles. The van der Waals surface area contributed by atoms with Crippen LogP contribution < -0.4 is 16.2 Å². The molecule has 106 valence electrons. The number of nitrogens with one attached hydrogen (secondary N) is 1. The molecular weight excluding hydrogens is 266 g/mol. The molecule has 1 amide bonds. The summed E-state index contributed by atoms with van der Waals surface area (Å²) >= 11 is 0. The van der Waals surface area contributed by atoms with Crippen molar-refractivity contribution in [2.24, 2.45) is 5.73 Å². The smallest absolute Gasteiger partial charge is 0.243 e. The van der Waals surface area contributed by atoms with Crippen molar-refractivity contribution in [2.45, 2.75) is 38.1 Å². The minimum absolute atomic E-state index is 0.0591. The van der Waals surface area contributed by atoms with E-state index in [1.54, 1.807) is 32.9 Å². The zero-order chi connectivity index (χ0) is 14.8. The minimum atomic E-state index is -3.77. The highest BCUT2D eigenvalue weighted by molar-refractivity contribution is 7.89. The predicted octanol–water partition coefficient (Wildman–Crippen LogP) is 0.428. The first-order chi connectivity index (χ1) is 8.65. The Morgan fingerprint density at radius 3 is 2.37 bits per heavy atom. The van der Waals surface area contributed by atoms with Gasteiger partial charge < -0.3 is 11.5 Å². The summed E-state index contributed by atoms with van der Waals surface area (Å²) in [6.07, 6.45) is -0.0655. The van der Waals surface area contributed by atoms with E-state index in [1.807, 2.05) is 0 Å². The molecule has 0 spiro atoms. The van der Waals surface area contributed by atoms with Gasteiger partial charge in [-0.25, -0.2) is 13.1 Å². The monoisotopic (exact) mass is 285 g/mol. The first kappa shape index (κ1) is 15.5. The maximum absolute atomic E-state index is 12.3. The Labute approximate surface area is 113 Å². The summed E-state index contributed by atoms with van der Waals surface area (Å²) in [7, 11) is -3.77. The summed E-state index contributed by atoms with van der Waals surface area (Å²) < 4.78 is 27.0. The van der Waals surface area contributed by atoms with Crippen LogP contribution in [-0.4, -0.2) is 20.4 Å². The number of benzene rings is 1. The second-order valence-electron chi connectivity index (χ2n) is 4.63. The third-order valence-electron chi connectivity index (χ3n) is 2.74. The predicted molar refractivity (Wildman–Crippen MR) is 73.9 cm³/mol. The van der Waals surface area contributed by atoms with Crippen LogP contribution in [0.25, 0.3) is 0 Å². The van der Waals surface area contributed by atoms with E-state index in [0.717, 1.165) is 0 Å². The molecule has 0 bridgehead atoms. The van der Waals surface area contributed by atoms with E-state index >= 15 is 0 Å². The quantitative estimate of drug-likeness (QED) is 0.680. The third-order valence-corrected chi connectivity index (χ3v) is 4.54.